The molecule has 0 aliphatic carbocycles. The minimum atomic E-state index is -1.32. The largest absolute Gasteiger partial charge is 0.480 e. The van der Waals surface area contributed by atoms with Crippen LogP contribution in [0, 0.1) is 5.92 Å². The van der Waals surface area contributed by atoms with Gasteiger partial charge in [0.05, 0.1) is 5.70 Å². The maximum Gasteiger partial charge on any atom is 0.323 e. The van der Waals surface area contributed by atoms with E-state index in [-0.39, 0.29) is 34.4 Å². The van der Waals surface area contributed by atoms with Crippen LogP contribution < -0.4 is 14.2 Å². The molecule has 12 nitrogen and oxygen atoms in total. The molecule has 1 atom stereocenters. The van der Waals surface area contributed by atoms with E-state index in [2.05, 4.69) is 0 Å². The third-order valence-electron chi connectivity index (χ3n) is 4.73. The monoisotopic (exact) mass is 490 g/mol. The Kier molecular flexibility index (Phi) is 8.34. The van der Waals surface area contributed by atoms with Crippen LogP contribution in [0.1, 0.15) is 47.1 Å². The molecule has 35 heavy (non-hydrogen) atoms. The third kappa shape index (κ3) is 6.43. The number of amides is 2. The molecule has 1 heterocycles. The molecular formula is C23H26N2O10. The molecule has 0 saturated carbocycles. The second kappa shape index (κ2) is 10.8. The van der Waals surface area contributed by atoms with Crippen LogP contribution in [0.3, 0.4) is 0 Å². The number of hydrogen-bond acceptors (Lipinski definition) is 9. The summed E-state index contributed by atoms with van der Waals surface area (Å²) in [7, 11) is 0. The Labute approximate surface area is 201 Å². The normalized spacial score (nSPS) is 15.5. The number of ether oxygens (including phenoxy) is 3. The number of carboxylic acid groups (broad SMARTS) is 1. The van der Waals surface area contributed by atoms with Crippen LogP contribution in [0.15, 0.2) is 18.3 Å². The van der Waals surface area contributed by atoms with Gasteiger partial charge in [0, 0.05) is 39.5 Å². The number of hydrogen-bond donors (Lipinski definition) is 1. The van der Waals surface area contributed by atoms with E-state index in [1.54, 1.807) is 13.8 Å². The Hall–Kier alpha value is -4.22. The molecule has 1 N–H and O–H groups in total. The van der Waals surface area contributed by atoms with Gasteiger partial charge in [0.1, 0.15) is 12.6 Å². The molecule has 1 aromatic carbocycles. The maximum atomic E-state index is 13.3. The number of benzene rings is 1. The molecule has 0 radical (unpaired) electrons. The van der Waals surface area contributed by atoms with Crippen LogP contribution in [0.2, 0.25) is 0 Å². The third-order valence-corrected chi connectivity index (χ3v) is 4.73. The lowest BCUT2D eigenvalue weighted by Gasteiger charge is -2.40. The minimum absolute atomic E-state index is 0.0410. The lowest BCUT2D eigenvalue weighted by Crippen LogP contribution is -2.55. The number of esters is 3. The van der Waals surface area contributed by atoms with Crippen molar-refractivity contribution in [3.63, 3.8) is 0 Å². The molecule has 0 aromatic heterocycles. The van der Waals surface area contributed by atoms with Gasteiger partial charge in [0.2, 0.25) is 11.7 Å². The van der Waals surface area contributed by atoms with Crippen LogP contribution in [0.4, 0.5) is 0 Å². The summed E-state index contributed by atoms with van der Waals surface area (Å²) in [6, 6.07) is 1.44. The molecule has 1 aliphatic rings. The molecule has 2 rings (SSSR count). The molecule has 0 spiro atoms. The summed E-state index contributed by atoms with van der Waals surface area (Å²) in [6.07, 6.45) is 1.30. The zero-order chi connectivity index (χ0) is 26.6. The highest BCUT2D eigenvalue weighted by atomic mass is 16.6. The highest BCUT2D eigenvalue weighted by Crippen LogP contribution is 2.42. The molecule has 0 saturated heterocycles. The van der Waals surface area contributed by atoms with E-state index in [0.717, 1.165) is 25.7 Å². The van der Waals surface area contributed by atoms with Gasteiger partial charge < -0.3 is 24.2 Å². The maximum absolute atomic E-state index is 13.3. The number of carbonyl (C=O) groups is 6. The summed E-state index contributed by atoms with van der Waals surface area (Å²) in [6.45, 7) is 7.18. The first-order valence-electron chi connectivity index (χ1n) is 10.5. The van der Waals surface area contributed by atoms with Crippen molar-refractivity contribution in [2.75, 3.05) is 6.54 Å². The standard InChI is InChI=1S/C23H26N2O10/c1-11(2)21-23(32)25(10-20(30)31)17(9-24(21)12(3)26)16-7-18(33-13(4)27)22(35-15(6)29)19(8-16)34-14(5)28/h7-9,11,21H,10H2,1-6H3,(H,30,31)/t21-/m0/s1. The summed E-state index contributed by atoms with van der Waals surface area (Å²) in [4.78, 5) is 74.5. The van der Waals surface area contributed by atoms with Crippen molar-refractivity contribution in [1.29, 1.82) is 0 Å². The molecule has 2 amide bonds. The Balaban J connectivity index is 2.87. The Morgan fingerprint density at radius 3 is 1.77 bits per heavy atom. The lowest BCUT2D eigenvalue weighted by atomic mass is 9.96. The van der Waals surface area contributed by atoms with Crippen molar-refractivity contribution < 1.29 is 48.1 Å². The number of rotatable bonds is 7. The van der Waals surface area contributed by atoms with Gasteiger partial charge in [0.25, 0.3) is 5.91 Å². The Bertz CT molecular complexity index is 1080. The quantitative estimate of drug-likeness (QED) is 0.439. The van der Waals surface area contributed by atoms with Gasteiger partial charge in [-0.2, -0.15) is 0 Å². The van der Waals surface area contributed by atoms with Gasteiger partial charge in [-0.25, -0.2) is 0 Å². The zero-order valence-corrected chi connectivity index (χ0v) is 20.1. The average Bonchev–Trinajstić information content (AvgIpc) is 2.69. The van der Waals surface area contributed by atoms with Gasteiger partial charge in [0.15, 0.2) is 11.5 Å². The van der Waals surface area contributed by atoms with E-state index in [4.69, 9.17) is 14.2 Å². The van der Waals surface area contributed by atoms with Crippen LogP contribution in [-0.4, -0.2) is 63.2 Å². The number of nitrogens with zero attached hydrogens (tertiary/aromatic N) is 2. The second-order valence-corrected chi connectivity index (χ2v) is 8.03. The first-order chi connectivity index (χ1) is 16.2. The molecule has 0 bridgehead atoms. The highest BCUT2D eigenvalue weighted by Gasteiger charge is 2.40. The highest BCUT2D eigenvalue weighted by molar-refractivity contribution is 5.99. The van der Waals surface area contributed by atoms with E-state index >= 15 is 0 Å². The number of carbonyl (C=O) groups excluding carboxylic acids is 5. The fourth-order valence-corrected chi connectivity index (χ4v) is 3.53. The summed E-state index contributed by atoms with van der Waals surface area (Å²) in [5, 5.41) is 9.44. The number of carboxylic acids is 1. The fraction of sp³-hybridized carbons (Fsp3) is 0.391. The number of aliphatic carboxylic acids is 1. The van der Waals surface area contributed by atoms with Gasteiger partial charge in [-0.15, -0.1) is 0 Å². The molecule has 1 aromatic rings. The fourth-order valence-electron chi connectivity index (χ4n) is 3.53. The summed E-state index contributed by atoms with van der Waals surface area (Å²) in [5.74, 6) is -6.22. The summed E-state index contributed by atoms with van der Waals surface area (Å²) < 4.78 is 15.4. The van der Waals surface area contributed by atoms with E-state index in [1.807, 2.05) is 0 Å². The van der Waals surface area contributed by atoms with Gasteiger partial charge in [-0.3, -0.25) is 33.7 Å². The predicted octanol–water partition coefficient (Wildman–Crippen LogP) is 1.56. The van der Waals surface area contributed by atoms with Crippen molar-refractivity contribution in [2.45, 2.75) is 47.6 Å². The Morgan fingerprint density at radius 2 is 1.40 bits per heavy atom. The predicted molar refractivity (Wildman–Crippen MR) is 119 cm³/mol. The van der Waals surface area contributed by atoms with E-state index in [1.165, 1.54) is 30.2 Å². The van der Waals surface area contributed by atoms with Crippen LogP contribution in [0.5, 0.6) is 17.2 Å². The van der Waals surface area contributed by atoms with Crippen LogP contribution in [-0.2, 0) is 28.8 Å². The molecule has 0 unspecified atom stereocenters. The topological polar surface area (TPSA) is 157 Å². The van der Waals surface area contributed by atoms with E-state index in [0.29, 0.717) is 0 Å². The minimum Gasteiger partial charge on any atom is -0.480 e. The summed E-state index contributed by atoms with van der Waals surface area (Å²) >= 11 is 0. The van der Waals surface area contributed by atoms with Gasteiger partial charge in [-0.1, -0.05) is 13.8 Å². The molecule has 1 aliphatic heterocycles. The SMILES string of the molecule is CC(=O)Oc1cc(C2=CN(C(C)=O)[C@@H](C(C)C)C(=O)N2CC(=O)O)cc(OC(C)=O)c1OC(C)=O. The van der Waals surface area contributed by atoms with Crippen LogP contribution in [0.25, 0.3) is 5.70 Å². The Morgan fingerprint density at radius 1 is 0.914 bits per heavy atom. The zero-order valence-electron chi connectivity index (χ0n) is 20.1. The van der Waals surface area contributed by atoms with Gasteiger partial charge in [-0.05, 0) is 18.1 Å². The van der Waals surface area contributed by atoms with Crippen molar-refractivity contribution in [3.05, 3.63) is 23.9 Å². The van der Waals surface area contributed by atoms with Crippen molar-refractivity contribution >= 4 is 41.4 Å². The molecule has 188 valence electrons. The molecule has 0 fully saturated rings. The van der Waals surface area contributed by atoms with E-state index < -0.39 is 48.3 Å². The van der Waals surface area contributed by atoms with Crippen molar-refractivity contribution in [3.8, 4) is 17.2 Å². The average molecular weight is 490 g/mol. The van der Waals surface area contributed by atoms with Crippen LogP contribution >= 0.6 is 0 Å². The smallest absolute Gasteiger partial charge is 0.323 e. The first-order valence-corrected chi connectivity index (χ1v) is 10.5. The molecular weight excluding hydrogens is 464 g/mol. The van der Waals surface area contributed by atoms with Crippen molar-refractivity contribution in [1.82, 2.24) is 9.80 Å². The first kappa shape index (κ1) is 27.0. The van der Waals surface area contributed by atoms with Crippen molar-refractivity contribution in [2.24, 2.45) is 5.92 Å². The second-order valence-electron chi connectivity index (χ2n) is 8.03. The molecule has 12 heteroatoms. The van der Waals surface area contributed by atoms with Gasteiger partial charge >= 0.3 is 23.9 Å². The lowest BCUT2D eigenvalue weighted by molar-refractivity contribution is -0.148. The van der Waals surface area contributed by atoms with E-state index in [9.17, 15) is 33.9 Å². The summed E-state index contributed by atoms with van der Waals surface area (Å²) in [5.41, 5.74) is 0.0112.